The molecule has 0 spiro atoms. The first-order valence-corrected chi connectivity index (χ1v) is 7.26. The molecular formula is C15H27N3O3. The molecule has 21 heavy (non-hydrogen) atoms. The van der Waals surface area contributed by atoms with Crippen LogP contribution in [-0.2, 0) is 11.3 Å². The molecule has 6 nitrogen and oxygen atoms in total. The van der Waals surface area contributed by atoms with Crippen molar-refractivity contribution < 1.29 is 14.6 Å². The molecule has 0 saturated heterocycles. The quantitative estimate of drug-likeness (QED) is 0.670. The number of hydrogen-bond acceptors (Lipinski definition) is 4. The van der Waals surface area contributed by atoms with Gasteiger partial charge >= 0.3 is 6.09 Å². The third kappa shape index (κ3) is 7.72. The summed E-state index contributed by atoms with van der Waals surface area (Å²) in [7, 11) is 0. The van der Waals surface area contributed by atoms with Crippen LogP contribution in [0.5, 0.6) is 0 Å². The van der Waals surface area contributed by atoms with Crippen LogP contribution >= 0.6 is 0 Å². The van der Waals surface area contributed by atoms with Crippen LogP contribution in [0.2, 0.25) is 0 Å². The first-order chi connectivity index (χ1) is 9.78. The Balaban J connectivity index is 2.40. The molecule has 0 bridgehead atoms. The van der Waals surface area contributed by atoms with Crippen LogP contribution in [0.25, 0.3) is 0 Å². The second kappa shape index (κ2) is 8.05. The molecule has 0 aromatic carbocycles. The van der Waals surface area contributed by atoms with Gasteiger partial charge in [-0.05, 0) is 39.3 Å². The number of aromatic nitrogens is 1. The molecule has 0 radical (unpaired) electrons. The number of ether oxygens (including phenoxy) is 1. The summed E-state index contributed by atoms with van der Waals surface area (Å²) in [6, 6.07) is 1.99. The van der Waals surface area contributed by atoms with E-state index in [1.807, 2.05) is 39.2 Å². The lowest BCUT2D eigenvalue weighted by Crippen LogP contribution is -2.43. The van der Waals surface area contributed by atoms with E-state index in [1.165, 1.54) is 4.90 Å². The van der Waals surface area contributed by atoms with Gasteiger partial charge in [0.05, 0.1) is 6.10 Å². The standard InChI is InChI=1S/C15H27N3O3/c1-12(19)11-18(14(20)21-15(2,3)4)8-7-17-10-13-5-6-16-9-13/h5-6,9,12,16-17,19H,7-8,10-11H2,1-4H3. The van der Waals surface area contributed by atoms with Crippen molar-refractivity contribution in [3.05, 3.63) is 24.0 Å². The average Bonchev–Trinajstić information content (AvgIpc) is 2.83. The van der Waals surface area contributed by atoms with E-state index < -0.39 is 17.8 Å². The van der Waals surface area contributed by atoms with E-state index in [1.54, 1.807) is 6.92 Å². The Labute approximate surface area is 126 Å². The molecule has 1 unspecified atom stereocenters. The Morgan fingerprint density at radius 3 is 2.76 bits per heavy atom. The lowest BCUT2D eigenvalue weighted by Gasteiger charge is -2.28. The minimum atomic E-state index is -0.581. The fourth-order valence-electron chi connectivity index (χ4n) is 1.82. The van der Waals surface area contributed by atoms with Gasteiger partial charge in [0, 0.05) is 38.6 Å². The number of nitrogens with zero attached hydrogens (tertiary/aromatic N) is 1. The van der Waals surface area contributed by atoms with Crippen LogP contribution in [-0.4, -0.2) is 52.4 Å². The Morgan fingerprint density at radius 2 is 2.24 bits per heavy atom. The molecule has 1 rings (SSSR count). The van der Waals surface area contributed by atoms with Gasteiger partial charge in [0.1, 0.15) is 5.60 Å². The first kappa shape index (κ1) is 17.5. The van der Waals surface area contributed by atoms with E-state index in [9.17, 15) is 9.90 Å². The third-order valence-corrected chi connectivity index (χ3v) is 2.69. The first-order valence-electron chi connectivity index (χ1n) is 7.26. The highest BCUT2D eigenvalue weighted by molar-refractivity contribution is 5.68. The molecule has 1 heterocycles. The monoisotopic (exact) mass is 297 g/mol. The molecule has 1 amide bonds. The molecule has 0 fully saturated rings. The summed E-state index contributed by atoms with van der Waals surface area (Å²) in [6.45, 7) is 9.27. The van der Waals surface area contributed by atoms with Crippen molar-refractivity contribution in [2.45, 2.75) is 45.9 Å². The largest absolute Gasteiger partial charge is 0.444 e. The zero-order valence-corrected chi connectivity index (χ0v) is 13.3. The van der Waals surface area contributed by atoms with Crippen LogP contribution in [0, 0.1) is 0 Å². The molecule has 1 aromatic rings. The second-order valence-electron chi connectivity index (χ2n) is 6.17. The third-order valence-electron chi connectivity index (χ3n) is 2.69. The van der Waals surface area contributed by atoms with Crippen molar-refractivity contribution >= 4 is 6.09 Å². The summed E-state index contributed by atoms with van der Waals surface area (Å²) in [5, 5.41) is 12.8. The topological polar surface area (TPSA) is 77.6 Å². The summed E-state index contributed by atoms with van der Waals surface area (Å²) < 4.78 is 5.35. The van der Waals surface area contributed by atoms with Gasteiger partial charge in [-0.3, -0.25) is 0 Å². The van der Waals surface area contributed by atoms with E-state index in [0.717, 1.165) is 12.1 Å². The molecule has 1 atom stereocenters. The van der Waals surface area contributed by atoms with Crippen molar-refractivity contribution in [1.29, 1.82) is 0 Å². The van der Waals surface area contributed by atoms with E-state index in [-0.39, 0.29) is 6.54 Å². The Bertz CT molecular complexity index is 410. The van der Waals surface area contributed by atoms with Crippen LogP contribution < -0.4 is 5.32 Å². The van der Waals surface area contributed by atoms with Gasteiger partial charge in [-0.1, -0.05) is 0 Å². The highest BCUT2D eigenvalue weighted by Crippen LogP contribution is 2.10. The van der Waals surface area contributed by atoms with Crippen molar-refractivity contribution in [3.63, 3.8) is 0 Å². The SMILES string of the molecule is CC(O)CN(CCNCc1cc[nH]c1)C(=O)OC(C)(C)C. The zero-order valence-electron chi connectivity index (χ0n) is 13.3. The van der Waals surface area contributed by atoms with Crippen molar-refractivity contribution in [3.8, 4) is 0 Å². The van der Waals surface area contributed by atoms with E-state index >= 15 is 0 Å². The summed E-state index contributed by atoms with van der Waals surface area (Å²) in [5.74, 6) is 0. The number of rotatable bonds is 7. The van der Waals surface area contributed by atoms with Crippen molar-refractivity contribution in [1.82, 2.24) is 15.2 Å². The van der Waals surface area contributed by atoms with Crippen LogP contribution in [0.15, 0.2) is 18.5 Å². The molecule has 1 aromatic heterocycles. The van der Waals surface area contributed by atoms with Crippen LogP contribution in [0.4, 0.5) is 4.79 Å². The number of H-pyrrole nitrogens is 1. The molecule has 0 aliphatic carbocycles. The maximum absolute atomic E-state index is 12.1. The van der Waals surface area contributed by atoms with Crippen LogP contribution in [0.1, 0.15) is 33.3 Å². The lowest BCUT2D eigenvalue weighted by atomic mass is 10.2. The molecule has 0 aliphatic rings. The maximum atomic E-state index is 12.1. The predicted octanol–water partition coefficient (Wildman–Crippen LogP) is 1.72. The fraction of sp³-hybridized carbons (Fsp3) is 0.667. The molecule has 0 aliphatic heterocycles. The smallest absolute Gasteiger partial charge is 0.410 e. The number of aliphatic hydroxyl groups excluding tert-OH is 1. The number of amides is 1. The van der Waals surface area contributed by atoms with Crippen molar-refractivity contribution in [2.75, 3.05) is 19.6 Å². The fourth-order valence-corrected chi connectivity index (χ4v) is 1.82. The Hall–Kier alpha value is -1.53. The summed E-state index contributed by atoms with van der Waals surface area (Å²) in [4.78, 5) is 16.6. The molecular weight excluding hydrogens is 270 g/mol. The number of carbonyl (C=O) groups is 1. The maximum Gasteiger partial charge on any atom is 0.410 e. The lowest BCUT2D eigenvalue weighted by molar-refractivity contribution is 0.0164. The summed E-state index contributed by atoms with van der Waals surface area (Å²) in [5.41, 5.74) is 0.626. The number of nitrogens with one attached hydrogen (secondary N) is 2. The predicted molar refractivity (Wildman–Crippen MR) is 82.0 cm³/mol. The molecule has 0 saturated carbocycles. The van der Waals surface area contributed by atoms with Gasteiger partial charge in [-0.25, -0.2) is 4.79 Å². The Morgan fingerprint density at radius 1 is 1.52 bits per heavy atom. The zero-order chi connectivity index (χ0) is 15.9. The number of aliphatic hydroxyl groups is 1. The minimum Gasteiger partial charge on any atom is -0.444 e. The number of hydrogen-bond donors (Lipinski definition) is 3. The number of aromatic amines is 1. The van der Waals surface area contributed by atoms with E-state index in [0.29, 0.717) is 13.1 Å². The minimum absolute atomic E-state index is 0.265. The number of carbonyl (C=O) groups excluding carboxylic acids is 1. The van der Waals surface area contributed by atoms with Gasteiger partial charge in [0.25, 0.3) is 0 Å². The van der Waals surface area contributed by atoms with Gasteiger partial charge < -0.3 is 25.0 Å². The van der Waals surface area contributed by atoms with Crippen LogP contribution in [0.3, 0.4) is 0 Å². The van der Waals surface area contributed by atoms with Gasteiger partial charge in [-0.2, -0.15) is 0 Å². The van der Waals surface area contributed by atoms with E-state index in [4.69, 9.17) is 4.74 Å². The second-order valence-corrected chi connectivity index (χ2v) is 6.17. The van der Waals surface area contributed by atoms with Gasteiger partial charge in [0.15, 0.2) is 0 Å². The summed E-state index contributed by atoms with van der Waals surface area (Å²) in [6.07, 6.45) is 2.82. The molecule has 6 heteroatoms. The highest BCUT2D eigenvalue weighted by atomic mass is 16.6. The van der Waals surface area contributed by atoms with Gasteiger partial charge in [-0.15, -0.1) is 0 Å². The Kier molecular flexibility index (Phi) is 6.71. The summed E-state index contributed by atoms with van der Waals surface area (Å²) >= 11 is 0. The van der Waals surface area contributed by atoms with E-state index in [2.05, 4.69) is 10.3 Å². The normalized spacial score (nSPS) is 13.0. The average molecular weight is 297 g/mol. The molecule has 3 N–H and O–H groups in total. The van der Waals surface area contributed by atoms with Gasteiger partial charge in [0.2, 0.25) is 0 Å². The highest BCUT2D eigenvalue weighted by Gasteiger charge is 2.22. The van der Waals surface area contributed by atoms with Crippen molar-refractivity contribution in [2.24, 2.45) is 0 Å². The molecule has 120 valence electrons.